The Balaban J connectivity index is 1.46. The lowest BCUT2D eigenvalue weighted by Gasteiger charge is -2.35. The lowest BCUT2D eigenvalue weighted by Crippen LogP contribution is -2.51. The molecule has 2 fully saturated rings. The van der Waals surface area contributed by atoms with E-state index in [-0.39, 0.29) is 11.8 Å². The van der Waals surface area contributed by atoms with E-state index in [9.17, 15) is 9.59 Å². The average molecular weight is 343 g/mol. The number of benzene rings is 1. The lowest BCUT2D eigenvalue weighted by molar-refractivity contribution is -0.137. The van der Waals surface area contributed by atoms with Crippen LogP contribution >= 0.6 is 0 Å². The minimum absolute atomic E-state index is 0.0178. The maximum atomic E-state index is 12.5. The van der Waals surface area contributed by atoms with Gasteiger partial charge in [-0.25, -0.2) is 0 Å². The molecule has 1 aliphatic heterocycles. The zero-order valence-electron chi connectivity index (χ0n) is 15.4. The fraction of sp³-hybridized carbons (Fsp3) is 0.600. The van der Waals surface area contributed by atoms with Gasteiger partial charge in [0.15, 0.2) is 0 Å². The Morgan fingerprint density at radius 1 is 1.08 bits per heavy atom. The molecule has 0 bridgehead atoms. The summed E-state index contributed by atoms with van der Waals surface area (Å²) in [5.74, 6) is 0.598. The van der Waals surface area contributed by atoms with Gasteiger partial charge in [-0.1, -0.05) is 25.0 Å². The molecule has 1 N–H and O–H groups in total. The molecule has 3 rings (SSSR count). The average Bonchev–Trinajstić information content (AvgIpc) is 3.13. The number of nitrogens with zero attached hydrogens (tertiary/aromatic N) is 2. The first kappa shape index (κ1) is 17.9. The SMILES string of the molecule is Cc1cccc(NC(=O)CN2CCN(C(=O)C3CCCC3)CC2)c1C. The molecular weight excluding hydrogens is 314 g/mol. The van der Waals surface area contributed by atoms with Gasteiger partial charge in [0.2, 0.25) is 11.8 Å². The molecule has 0 unspecified atom stereocenters. The van der Waals surface area contributed by atoms with Gasteiger partial charge >= 0.3 is 0 Å². The van der Waals surface area contributed by atoms with Crippen molar-refractivity contribution in [1.82, 2.24) is 9.80 Å². The summed E-state index contributed by atoms with van der Waals surface area (Å²) in [6.45, 7) is 7.50. The van der Waals surface area contributed by atoms with Crippen molar-refractivity contribution < 1.29 is 9.59 Å². The summed E-state index contributed by atoms with van der Waals surface area (Å²) < 4.78 is 0. The monoisotopic (exact) mass is 343 g/mol. The van der Waals surface area contributed by atoms with E-state index < -0.39 is 0 Å². The van der Waals surface area contributed by atoms with Gasteiger partial charge in [-0.2, -0.15) is 0 Å². The highest BCUT2D eigenvalue weighted by molar-refractivity contribution is 5.93. The highest BCUT2D eigenvalue weighted by Crippen LogP contribution is 2.27. The zero-order chi connectivity index (χ0) is 17.8. The third-order valence-corrected chi connectivity index (χ3v) is 5.63. The fourth-order valence-electron chi connectivity index (χ4n) is 3.84. The van der Waals surface area contributed by atoms with Crippen LogP contribution in [0.4, 0.5) is 5.69 Å². The topological polar surface area (TPSA) is 52.7 Å². The van der Waals surface area contributed by atoms with Crippen LogP contribution in [-0.4, -0.2) is 54.3 Å². The molecule has 0 aromatic heterocycles. The van der Waals surface area contributed by atoms with E-state index in [0.717, 1.165) is 50.3 Å². The molecule has 5 heteroatoms. The van der Waals surface area contributed by atoms with Crippen LogP contribution in [-0.2, 0) is 9.59 Å². The molecule has 2 aliphatic rings. The first-order valence-electron chi connectivity index (χ1n) is 9.42. The van der Waals surface area contributed by atoms with Crippen LogP contribution in [0.3, 0.4) is 0 Å². The Kier molecular flexibility index (Phi) is 5.74. The van der Waals surface area contributed by atoms with Crippen molar-refractivity contribution in [1.29, 1.82) is 0 Å². The van der Waals surface area contributed by atoms with Gasteiger partial charge in [-0.15, -0.1) is 0 Å². The number of carbonyl (C=O) groups excluding carboxylic acids is 2. The highest BCUT2D eigenvalue weighted by atomic mass is 16.2. The summed E-state index contributed by atoms with van der Waals surface area (Å²) in [4.78, 5) is 28.9. The second-order valence-electron chi connectivity index (χ2n) is 7.38. The zero-order valence-corrected chi connectivity index (χ0v) is 15.4. The number of hydrogen-bond acceptors (Lipinski definition) is 3. The number of rotatable bonds is 4. The van der Waals surface area contributed by atoms with Gasteiger partial charge in [-0.3, -0.25) is 14.5 Å². The predicted molar refractivity (Wildman–Crippen MR) is 99.5 cm³/mol. The third kappa shape index (κ3) is 4.40. The summed E-state index contributed by atoms with van der Waals surface area (Å²) >= 11 is 0. The second-order valence-corrected chi connectivity index (χ2v) is 7.38. The maximum Gasteiger partial charge on any atom is 0.238 e. The Morgan fingerprint density at radius 3 is 2.44 bits per heavy atom. The summed E-state index contributed by atoms with van der Waals surface area (Å²) in [6.07, 6.45) is 4.48. The second kappa shape index (κ2) is 8.00. The number of nitrogens with one attached hydrogen (secondary N) is 1. The maximum absolute atomic E-state index is 12.5. The first-order chi connectivity index (χ1) is 12.0. The molecule has 1 aromatic rings. The van der Waals surface area contributed by atoms with E-state index >= 15 is 0 Å². The molecule has 1 aliphatic carbocycles. The van der Waals surface area contributed by atoms with Crippen LogP contribution in [0.5, 0.6) is 0 Å². The molecule has 0 radical (unpaired) electrons. The number of piperazine rings is 1. The van der Waals surface area contributed by atoms with Crippen molar-refractivity contribution in [3.8, 4) is 0 Å². The highest BCUT2D eigenvalue weighted by Gasteiger charge is 2.29. The Hall–Kier alpha value is -1.88. The Morgan fingerprint density at radius 2 is 1.76 bits per heavy atom. The third-order valence-electron chi connectivity index (χ3n) is 5.63. The molecule has 5 nitrogen and oxygen atoms in total. The molecule has 25 heavy (non-hydrogen) atoms. The van der Waals surface area contributed by atoms with E-state index in [0.29, 0.717) is 12.5 Å². The van der Waals surface area contributed by atoms with Crippen LogP contribution in [0.25, 0.3) is 0 Å². The predicted octanol–water partition coefficient (Wildman–Crippen LogP) is 2.58. The van der Waals surface area contributed by atoms with E-state index in [4.69, 9.17) is 0 Å². The summed E-state index contributed by atoms with van der Waals surface area (Å²) in [5.41, 5.74) is 3.18. The smallest absolute Gasteiger partial charge is 0.238 e. The molecule has 2 amide bonds. The van der Waals surface area contributed by atoms with E-state index in [2.05, 4.69) is 10.2 Å². The van der Waals surface area contributed by atoms with Gasteiger partial charge in [0.1, 0.15) is 0 Å². The quantitative estimate of drug-likeness (QED) is 0.914. The number of aryl methyl sites for hydroxylation is 1. The van der Waals surface area contributed by atoms with Gasteiger partial charge in [-0.05, 0) is 43.9 Å². The molecule has 1 saturated heterocycles. The van der Waals surface area contributed by atoms with Crippen molar-refractivity contribution in [2.45, 2.75) is 39.5 Å². The number of hydrogen-bond donors (Lipinski definition) is 1. The van der Waals surface area contributed by atoms with Crippen molar-refractivity contribution in [3.63, 3.8) is 0 Å². The first-order valence-corrected chi connectivity index (χ1v) is 9.42. The summed E-state index contributed by atoms with van der Waals surface area (Å²) in [6, 6.07) is 5.95. The molecular formula is C20H29N3O2. The Labute approximate surface area is 150 Å². The van der Waals surface area contributed by atoms with E-state index in [1.807, 2.05) is 36.9 Å². The number of carbonyl (C=O) groups is 2. The minimum Gasteiger partial charge on any atom is -0.340 e. The minimum atomic E-state index is 0.0178. The van der Waals surface area contributed by atoms with Crippen molar-refractivity contribution in [2.24, 2.45) is 5.92 Å². The number of amides is 2. The van der Waals surface area contributed by atoms with Crippen LogP contribution in [0.2, 0.25) is 0 Å². The van der Waals surface area contributed by atoms with Gasteiger partial charge in [0.25, 0.3) is 0 Å². The van der Waals surface area contributed by atoms with Crippen molar-refractivity contribution in [2.75, 3.05) is 38.0 Å². The van der Waals surface area contributed by atoms with E-state index in [1.165, 1.54) is 18.4 Å². The fourth-order valence-corrected chi connectivity index (χ4v) is 3.84. The molecule has 1 aromatic carbocycles. The van der Waals surface area contributed by atoms with Crippen LogP contribution in [0.1, 0.15) is 36.8 Å². The molecule has 1 heterocycles. The van der Waals surface area contributed by atoms with Gasteiger partial charge in [0, 0.05) is 37.8 Å². The van der Waals surface area contributed by atoms with Gasteiger partial charge < -0.3 is 10.2 Å². The van der Waals surface area contributed by atoms with Crippen molar-refractivity contribution >= 4 is 17.5 Å². The van der Waals surface area contributed by atoms with Crippen LogP contribution in [0, 0.1) is 19.8 Å². The van der Waals surface area contributed by atoms with Gasteiger partial charge in [0.05, 0.1) is 6.54 Å². The van der Waals surface area contributed by atoms with Crippen molar-refractivity contribution in [3.05, 3.63) is 29.3 Å². The molecule has 136 valence electrons. The Bertz CT molecular complexity index is 630. The summed E-state index contributed by atoms with van der Waals surface area (Å²) in [7, 11) is 0. The number of anilines is 1. The normalized spacial score (nSPS) is 19.2. The summed E-state index contributed by atoms with van der Waals surface area (Å²) in [5, 5.41) is 3.02. The van der Waals surface area contributed by atoms with E-state index in [1.54, 1.807) is 0 Å². The largest absolute Gasteiger partial charge is 0.340 e. The molecule has 0 atom stereocenters. The van der Waals surface area contributed by atoms with Crippen LogP contribution in [0.15, 0.2) is 18.2 Å². The lowest BCUT2D eigenvalue weighted by atomic mass is 10.1. The molecule has 1 saturated carbocycles. The van der Waals surface area contributed by atoms with Crippen LogP contribution < -0.4 is 5.32 Å². The standard InChI is InChI=1S/C20H29N3O2/c1-15-6-5-9-18(16(15)2)21-19(24)14-22-10-12-23(13-11-22)20(25)17-7-3-4-8-17/h5-6,9,17H,3-4,7-8,10-14H2,1-2H3,(H,21,24). The molecule has 0 spiro atoms.